The Kier molecular flexibility index (Phi) is 11.6. The fourth-order valence-electron chi connectivity index (χ4n) is 4.95. The highest BCUT2D eigenvalue weighted by Crippen LogP contribution is 2.28. The number of nitrogens with one attached hydrogen (secondary N) is 1. The van der Waals surface area contributed by atoms with Gasteiger partial charge in [0.25, 0.3) is 10.0 Å². The summed E-state index contributed by atoms with van der Waals surface area (Å²) in [6.07, 6.45) is 0.176. The molecule has 0 unspecified atom stereocenters. The lowest BCUT2D eigenvalue weighted by Crippen LogP contribution is -2.56. The number of anilines is 1. The summed E-state index contributed by atoms with van der Waals surface area (Å²) in [5.41, 5.74) is 1.98. The van der Waals surface area contributed by atoms with Crippen LogP contribution >= 0.6 is 23.2 Å². The summed E-state index contributed by atoms with van der Waals surface area (Å²) in [5, 5.41) is 3.74. The van der Waals surface area contributed by atoms with Crippen LogP contribution in [0.3, 0.4) is 0 Å². The smallest absolute Gasteiger partial charge is 0.264 e. The van der Waals surface area contributed by atoms with Crippen molar-refractivity contribution in [1.82, 2.24) is 10.2 Å². The van der Waals surface area contributed by atoms with Crippen molar-refractivity contribution in [2.45, 2.75) is 57.1 Å². The normalized spacial score (nSPS) is 12.2. The van der Waals surface area contributed by atoms with Gasteiger partial charge < -0.3 is 15.0 Å². The van der Waals surface area contributed by atoms with Gasteiger partial charge in [0, 0.05) is 28.5 Å². The molecule has 2 amide bonds. The Morgan fingerprint density at radius 2 is 1.53 bits per heavy atom. The third-order valence-electron chi connectivity index (χ3n) is 7.37. The van der Waals surface area contributed by atoms with Crippen molar-refractivity contribution < 1.29 is 22.7 Å². The van der Waals surface area contributed by atoms with E-state index in [0.717, 1.165) is 15.4 Å². The molecular weight excluding hydrogens is 657 g/mol. The van der Waals surface area contributed by atoms with Gasteiger partial charge in [-0.1, -0.05) is 77.3 Å². The highest BCUT2D eigenvalue weighted by atomic mass is 35.5. The number of methoxy groups -OCH3 is 1. The van der Waals surface area contributed by atoms with Gasteiger partial charge >= 0.3 is 0 Å². The summed E-state index contributed by atoms with van der Waals surface area (Å²) in [5.74, 6) is -0.500. The van der Waals surface area contributed by atoms with Crippen molar-refractivity contribution in [3.63, 3.8) is 0 Å². The lowest BCUT2D eigenvalue weighted by Gasteiger charge is -2.35. The lowest BCUT2D eigenvalue weighted by molar-refractivity contribution is -0.140. The largest absolute Gasteiger partial charge is 0.497 e. The second kappa shape index (κ2) is 15.2. The summed E-state index contributed by atoms with van der Waals surface area (Å²) in [7, 11) is -2.76. The van der Waals surface area contributed by atoms with Crippen LogP contribution in [-0.2, 0) is 32.6 Å². The molecule has 1 atom stereocenters. The number of carbonyl (C=O) groups excluding carboxylic acids is 2. The molecular formula is C36H39Cl2N3O5S. The van der Waals surface area contributed by atoms with Gasteiger partial charge in [0.2, 0.25) is 11.8 Å². The number of benzene rings is 4. The Labute approximate surface area is 287 Å². The molecule has 0 fully saturated rings. The summed E-state index contributed by atoms with van der Waals surface area (Å²) in [6.45, 7) is 6.79. The first-order chi connectivity index (χ1) is 22.2. The first kappa shape index (κ1) is 35.8. The second-order valence-corrected chi connectivity index (χ2v) is 14.9. The molecule has 4 aromatic rings. The summed E-state index contributed by atoms with van der Waals surface area (Å²) in [4.78, 5) is 30.0. The number of carbonyl (C=O) groups is 2. The zero-order valence-electron chi connectivity index (χ0n) is 27.0. The number of aryl methyl sites for hydroxylation is 1. The van der Waals surface area contributed by atoms with Gasteiger partial charge in [0.15, 0.2) is 0 Å². The number of hydrogen-bond donors (Lipinski definition) is 1. The number of ether oxygens (including phenoxy) is 1. The van der Waals surface area contributed by atoms with Crippen LogP contribution in [0.4, 0.5) is 5.69 Å². The van der Waals surface area contributed by atoms with Gasteiger partial charge in [-0.3, -0.25) is 13.9 Å². The minimum Gasteiger partial charge on any atom is -0.497 e. The predicted molar refractivity (Wildman–Crippen MR) is 188 cm³/mol. The zero-order valence-corrected chi connectivity index (χ0v) is 29.4. The average molecular weight is 697 g/mol. The van der Waals surface area contributed by atoms with Crippen molar-refractivity contribution in [2.75, 3.05) is 18.0 Å². The minimum absolute atomic E-state index is 0.0229. The summed E-state index contributed by atoms with van der Waals surface area (Å²) in [6, 6.07) is 26.0. The van der Waals surface area contributed by atoms with Crippen molar-refractivity contribution in [3.8, 4) is 5.75 Å². The monoisotopic (exact) mass is 695 g/mol. The second-order valence-electron chi connectivity index (χ2n) is 12.2. The Balaban J connectivity index is 1.83. The first-order valence-electron chi connectivity index (χ1n) is 15.0. The van der Waals surface area contributed by atoms with Crippen LogP contribution in [0, 0.1) is 6.92 Å². The van der Waals surface area contributed by atoms with Gasteiger partial charge in [-0.25, -0.2) is 8.42 Å². The third kappa shape index (κ3) is 9.50. The fraction of sp³-hybridized carbons (Fsp3) is 0.278. The topological polar surface area (TPSA) is 96.0 Å². The molecule has 248 valence electrons. The number of hydrogen-bond acceptors (Lipinski definition) is 5. The maximum absolute atomic E-state index is 14.6. The Morgan fingerprint density at radius 1 is 0.894 bits per heavy atom. The first-order valence-corrected chi connectivity index (χ1v) is 17.2. The van der Waals surface area contributed by atoms with Crippen LogP contribution in [0.2, 0.25) is 10.0 Å². The maximum atomic E-state index is 14.6. The van der Waals surface area contributed by atoms with Gasteiger partial charge in [0.1, 0.15) is 18.3 Å². The van der Waals surface area contributed by atoms with E-state index in [4.69, 9.17) is 27.9 Å². The van der Waals surface area contributed by atoms with Crippen LogP contribution in [0.1, 0.15) is 37.5 Å². The van der Waals surface area contributed by atoms with Crippen LogP contribution in [0.5, 0.6) is 5.75 Å². The molecule has 0 spiro atoms. The van der Waals surface area contributed by atoms with Crippen LogP contribution in [-0.4, -0.2) is 50.4 Å². The molecule has 4 rings (SSSR count). The van der Waals surface area contributed by atoms with E-state index in [1.54, 1.807) is 54.6 Å². The number of amides is 2. The highest BCUT2D eigenvalue weighted by Gasteiger charge is 2.36. The van der Waals surface area contributed by atoms with E-state index in [1.165, 1.54) is 24.1 Å². The van der Waals surface area contributed by atoms with E-state index < -0.39 is 34.1 Å². The van der Waals surface area contributed by atoms with Crippen molar-refractivity contribution in [1.29, 1.82) is 0 Å². The van der Waals surface area contributed by atoms with E-state index in [0.29, 0.717) is 27.0 Å². The zero-order chi connectivity index (χ0) is 34.4. The highest BCUT2D eigenvalue weighted by molar-refractivity contribution is 7.92. The molecule has 11 heteroatoms. The lowest BCUT2D eigenvalue weighted by atomic mass is 10.0. The molecule has 0 heterocycles. The van der Waals surface area contributed by atoms with Gasteiger partial charge in [-0.2, -0.15) is 0 Å². The van der Waals surface area contributed by atoms with Crippen LogP contribution < -0.4 is 14.4 Å². The molecule has 0 saturated heterocycles. The number of sulfonamides is 1. The Morgan fingerprint density at radius 3 is 2.11 bits per heavy atom. The van der Waals surface area contributed by atoms with Crippen LogP contribution in [0.15, 0.2) is 102 Å². The molecule has 0 aliphatic heterocycles. The van der Waals surface area contributed by atoms with Crippen molar-refractivity contribution in [3.05, 3.63) is 124 Å². The van der Waals surface area contributed by atoms with Gasteiger partial charge in [0.05, 0.1) is 17.7 Å². The summed E-state index contributed by atoms with van der Waals surface area (Å²) < 4.78 is 34.7. The molecule has 47 heavy (non-hydrogen) atoms. The molecule has 1 N–H and O–H groups in total. The number of nitrogens with zero attached hydrogens (tertiary/aromatic N) is 2. The third-order valence-corrected chi connectivity index (χ3v) is 9.75. The van der Waals surface area contributed by atoms with Crippen molar-refractivity contribution in [2.24, 2.45) is 0 Å². The number of halogens is 2. The molecule has 0 radical (unpaired) electrons. The average Bonchev–Trinajstić information content (AvgIpc) is 3.02. The van der Waals surface area contributed by atoms with E-state index in [1.807, 2.05) is 58.0 Å². The standard InChI is InChI=1S/C36H39Cl2N3O5S/c1-25-11-15-29(16-12-25)41(47(44,45)31-19-17-30(46-5)18-20-31)24-34(42)40(23-27-13-14-28(37)22-32(27)38)33(35(43)39-36(2,3)4)21-26-9-7-6-8-10-26/h6-20,22,33H,21,23-24H2,1-5H3,(H,39,43)/t33-/m1/s1. The molecule has 4 aromatic carbocycles. The molecule has 0 saturated carbocycles. The van der Waals surface area contributed by atoms with E-state index >= 15 is 0 Å². The maximum Gasteiger partial charge on any atom is 0.264 e. The predicted octanol–water partition coefficient (Wildman–Crippen LogP) is 7.06. The summed E-state index contributed by atoms with van der Waals surface area (Å²) >= 11 is 12.8. The molecule has 0 aliphatic carbocycles. The van der Waals surface area contributed by atoms with E-state index in [-0.39, 0.29) is 23.8 Å². The Bertz CT molecular complexity index is 1790. The van der Waals surface area contributed by atoms with Gasteiger partial charge in [-0.15, -0.1) is 0 Å². The van der Waals surface area contributed by atoms with E-state index in [9.17, 15) is 18.0 Å². The van der Waals surface area contributed by atoms with Gasteiger partial charge in [-0.05, 0) is 87.4 Å². The van der Waals surface area contributed by atoms with Crippen LogP contribution in [0.25, 0.3) is 0 Å². The fourth-order valence-corrected chi connectivity index (χ4v) is 6.84. The number of rotatable bonds is 12. The molecule has 0 aromatic heterocycles. The van der Waals surface area contributed by atoms with Crippen molar-refractivity contribution >= 4 is 50.7 Å². The molecule has 0 aliphatic rings. The minimum atomic E-state index is -4.25. The SMILES string of the molecule is COc1ccc(S(=O)(=O)N(CC(=O)N(Cc2ccc(Cl)cc2Cl)[C@H](Cc2ccccc2)C(=O)NC(C)(C)C)c2ccc(C)cc2)cc1. The Hall–Kier alpha value is -4.05. The molecule has 0 bridgehead atoms. The van der Waals surface area contributed by atoms with E-state index in [2.05, 4.69) is 5.32 Å². The quantitative estimate of drug-likeness (QED) is 0.171. The molecule has 8 nitrogen and oxygen atoms in total.